The molecule has 0 amide bonds. The Labute approximate surface area is 107 Å². The highest BCUT2D eigenvalue weighted by molar-refractivity contribution is 6.74. The Morgan fingerprint density at radius 3 is 2.00 bits per heavy atom. The molecule has 0 saturated heterocycles. The zero-order chi connectivity index (χ0) is 13.3. The van der Waals surface area contributed by atoms with E-state index in [0.717, 1.165) is 11.3 Å². The quantitative estimate of drug-likeness (QED) is 0.541. The Kier molecular flexibility index (Phi) is 3.87. The van der Waals surface area contributed by atoms with Gasteiger partial charge in [-0.2, -0.15) is 0 Å². The highest BCUT2D eigenvalue weighted by Gasteiger charge is 2.39. The highest BCUT2D eigenvalue weighted by Crippen LogP contribution is 2.39. The molecule has 0 heterocycles. The van der Waals surface area contributed by atoms with Crippen LogP contribution in [0.25, 0.3) is 5.76 Å². The van der Waals surface area contributed by atoms with E-state index in [2.05, 4.69) is 71.6 Å². The first-order chi connectivity index (χ1) is 7.63. The Bertz CT molecular complexity index is 396. The van der Waals surface area contributed by atoms with Crippen molar-refractivity contribution in [2.24, 2.45) is 0 Å². The molecule has 1 nitrogen and oxygen atoms in total. The average Bonchev–Trinajstić information content (AvgIpc) is 2.16. The van der Waals surface area contributed by atoms with E-state index >= 15 is 0 Å². The summed E-state index contributed by atoms with van der Waals surface area (Å²) in [6.07, 6.45) is 0. The minimum Gasteiger partial charge on any atom is -0.543 e. The predicted molar refractivity (Wildman–Crippen MR) is 78.5 cm³/mol. The first-order valence-corrected chi connectivity index (χ1v) is 8.99. The van der Waals surface area contributed by atoms with Gasteiger partial charge in [-0.25, -0.2) is 0 Å². The summed E-state index contributed by atoms with van der Waals surface area (Å²) in [5.41, 5.74) is 2.34. The van der Waals surface area contributed by atoms with Crippen molar-refractivity contribution in [3.8, 4) is 0 Å². The molecule has 0 radical (unpaired) electrons. The smallest absolute Gasteiger partial charge is 0.250 e. The summed E-state index contributed by atoms with van der Waals surface area (Å²) < 4.78 is 6.17. The van der Waals surface area contributed by atoms with Gasteiger partial charge in [0.25, 0.3) is 0 Å². The van der Waals surface area contributed by atoms with Crippen molar-refractivity contribution in [2.45, 2.75) is 45.8 Å². The van der Waals surface area contributed by atoms with Gasteiger partial charge >= 0.3 is 0 Å². The summed E-state index contributed by atoms with van der Waals surface area (Å²) in [7, 11) is -1.76. The van der Waals surface area contributed by atoms with E-state index in [1.54, 1.807) is 0 Å². The number of rotatable bonds is 3. The Morgan fingerprint density at radius 2 is 1.59 bits per heavy atom. The molecule has 0 spiro atoms. The summed E-state index contributed by atoms with van der Waals surface area (Å²) >= 11 is 0. The van der Waals surface area contributed by atoms with Gasteiger partial charge in [0.05, 0.1) is 0 Å². The van der Waals surface area contributed by atoms with Crippen LogP contribution in [0.15, 0.2) is 30.8 Å². The molecule has 1 aromatic carbocycles. The molecule has 0 bridgehead atoms. The second-order valence-electron chi connectivity index (χ2n) is 6.15. The van der Waals surface area contributed by atoms with Crippen LogP contribution in [0.5, 0.6) is 0 Å². The molecule has 0 aliphatic heterocycles. The lowest BCUT2D eigenvalue weighted by molar-refractivity contribution is 0.459. The molecule has 1 rings (SSSR count). The lowest BCUT2D eigenvalue weighted by Crippen LogP contribution is -2.40. The molecule has 0 atom stereocenters. The third-order valence-corrected chi connectivity index (χ3v) is 7.93. The minimum atomic E-state index is -1.76. The van der Waals surface area contributed by atoms with Crippen molar-refractivity contribution in [2.75, 3.05) is 0 Å². The number of hydrogen-bond acceptors (Lipinski definition) is 1. The molecule has 1 aromatic rings. The first kappa shape index (κ1) is 14.0. The van der Waals surface area contributed by atoms with Crippen LogP contribution >= 0.6 is 0 Å². The Balaban J connectivity index is 2.83. The van der Waals surface area contributed by atoms with Crippen LogP contribution in [0.1, 0.15) is 31.9 Å². The summed E-state index contributed by atoms with van der Waals surface area (Å²) in [5.74, 6) is 0.802. The Morgan fingerprint density at radius 1 is 1.12 bits per heavy atom. The molecular weight excluding hydrogens is 224 g/mol. The van der Waals surface area contributed by atoms with Crippen molar-refractivity contribution < 1.29 is 4.43 Å². The van der Waals surface area contributed by atoms with Crippen LogP contribution in [-0.2, 0) is 4.43 Å². The predicted octanol–water partition coefficient (Wildman–Crippen LogP) is 4.99. The van der Waals surface area contributed by atoms with E-state index in [1.807, 2.05) is 0 Å². The number of hydrogen-bond donors (Lipinski definition) is 0. The second-order valence-corrected chi connectivity index (χ2v) is 10.9. The largest absolute Gasteiger partial charge is 0.543 e. The van der Waals surface area contributed by atoms with Gasteiger partial charge < -0.3 is 4.43 Å². The van der Waals surface area contributed by atoms with Gasteiger partial charge in [-0.1, -0.05) is 57.2 Å². The average molecular weight is 248 g/mol. The lowest BCUT2D eigenvalue weighted by Gasteiger charge is -2.37. The molecule has 0 N–H and O–H groups in total. The topological polar surface area (TPSA) is 9.23 Å². The molecule has 0 fully saturated rings. The standard InChI is InChI=1S/C15H24OSi/c1-12-8-10-14(11-9-12)13(2)16-17(6,7)15(3,4)5/h8-11H,2H2,1,3-7H3. The van der Waals surface area contributed by atoms with E-state index in [9.17, 15) is 0 Å². The summed E-state index contributed by atoms with van der Waals surface area (Å²) in [6, 6.07) is 8.33. The van der Waals surface area contributed by atoms with E-state index in [4.69, 9.17) is 4.43 Å². The SMILES string of the molecule is C=C(O[Si](C)(C)C(C)(C)C)c1ccc(C)cc1. The summed E-state index contributed by atoms with van der Waals surface area (Å²) in [5, 5.41) is 0.209. The lowest BCUT2D eigenvalue weighted by atomic mass is 10.1. The third kappa shape index (κ3) is 3.47. The molecule has 0 unspecified atom stereocenters. The van der Waals surface area contributed by atoms with Crippen molar-refractivity contribution in [3.05, 3.63) is 42.0 Å². The first-order valence-electron chi connectivity index (χ1n) is 6.08. The molecule has 0 aromatic heterocycles. The van der Waals surface area contributed by atoms with Crippen LogP contribution in [0, 0.1) is 6.92 Å². The van der Waals surface area contributed by atoms with Gasteiger partial charge in [0.2, 0.25) is 8.32 Å². The number of aryl methyl sites for hydroxylation is 1. The normalized spacial score (nSPS) is 12.4. The summed E-state index contributed by atoms with van der Waals surface area (Å²) in [6.45, 7) is 17.3. The molecule has 0 aliphatic carbocycles. The second kappa shape index (κ2) is 4.69. The molecule has 94 valence electrons. The maximum absolute atomic E-state index is 6.17. The van der Waals surface area contributed by atoms with Crippen molar-refractivity contribution in [1.29, 1.82) is 0 Å². The van der Waals surface area contributed by atoms with Crippen molar-refractivity contribution in [3.63, 3.8) is 0 Å². The van der Waals surface area contributed by atoms with Crippen molar-refractivity contribution in [1.82, 2.24) is 0 Å². The van der Waals surface area contributed by atoms with E-state index in [-0.39, 0.29) is 5.04 Å². The van der Waals surface area contributed by atoms with Gasteiger partial charge in [-0.15, -0.1) is 0 Å². The molecule has 2 heteroatoms. The zero-order valence-electron chi connectivity index (χ0n) is 11.9. The van der Waals surface area contributed by atoms with Crippen LogP contribution in [0.3, 0.4) is 0 Å². The van der Waals surface area contributed by atoms with Crippen LogP contribution in [0.2, 0.25) is 18.1 Å². The van der Waals surface area contributed by atoms with Crippen LogP contribution in [-0.4, -0.2) is 8.32 Å². The fourth-order valence-electron chi connectivity index (χ4n) is 1.26. The molecule has 0 aliphatic rings. The third-order valence-electron chi connectivity index (χ3n) is 3.56. The Hall–Kier alpha value is -1.02. The molecular formula is C15H24OSi. The molecule has 0 saturated carbocycles. The molecule has 17 heavy (non-hydrogen) atoms. The van der Waals surface area contributed by atoms with Crippen LogP contribution < -0.4 is 0 Å². The van der Waals surface area contributed by atoms with E-state index < -0.39 is 8.32 Å². The summed E-state index contributed by atoms with van der Waals surface area (Å²) in [4.78, 5) is 0. The van der Waals surface area contributed by atoms with Gasteiger partial charge in [0.15, 0.2) is 0 Å². The maximum atomic E-state index is 6.17. The van der Waals surface area contributed by atoms with Gasteiger partial charge in [-0.3, -0.25) is 0 Å². The van der Waals surface area contributed by atoms with Gasteiger partial charge in [0.1, 0.15) is 5.76 Å². The van der Waals surface area contributed by atoms with E-state index in [0.29, 0.717) is 0 Å². The van der Waals surface area contributed by atoms with Gasteiger partial charge in [-0.05, 0) is 25.1 Å². The van der Waals surface area contributed by atoms with Crippen LogP contribution in [0.4, 0.5) is 0 Å². The highest BCUT2D eigenvalue weighted by atomic mass is 28.4. The maximum Gasteiger partial charge on any atom is 0.250 e. The fraction of sp³-hybridized carbons (Fsp3) is 0.467. The van der Waals surface area contributed by atoms with Crippen molar-refractivity contribution >= 4 is 14.1 Å². The number of benzene rings is 1. The van der Waals surface area contributed by atoms with E-state index in [1.165, 1.54) is 5.56 Å². The zero-order valence-corrected chi connectivity index (χ0v) is 12.9. The fourth-order valence-corrected chi connectivity index (χ4v) is 2.30. The monoisotopic (exact) mass is 248 g/mol. The minimum absolute atomic E-state index is 0.209. The van der Waals surface area contributed by atoms with Gasteiger partial charge in [0, 0.05) is 5.56 Å².